The number of nitrogens with zero attached hydrogens (tertiary/aromatic N) is 1. The van der Waals surface area contributed by atoms with Crippen LogP contribution in [0.4, 0.5) is 0 Å². The summed E-state index contributed by atoms with van der Waals surface area (Å²) in [6.45, 7) is 2.26. The number of aromatic nitrogens is 2. The van der Waals surface area contributed by atoms with E-state index in [1.807, 2.05) is 12.4 Å². The molecule has 0 aliphatic heterocycles. The van der Waals surface area contributed by atoms with E-state index in [0.717, 1.165) is 6.42 Å². The van der Waals surface area contributed by atoms with Crippen LogP contribution in [0, 0.1) is 0 Å². The van der Waals surface area contributed by atoms with Gasteiger partial charge in [-0.3, -0.25) is 4.98 Å². The first kappa shape index (κ1) is 19.3. The van der Waals surface area contributed by atoms with E-state index in [1.165, 1.54) is 62.5 Å². The Balaban J connectivity index is 1.36. The van der Waals surface area contributed by atoms with Gasteiger partial charge in [0.05, 0.1) is 0 Å². The van der Waals surface area contributed by atoms with Gasteiger partial charge in [0, 0.05) is 46.5 Å². The van der Waals surface area contributed by atoms with Crippen LogP contribution >= 0.6 is 0 Å². The molecule has 2 atom stereocenters. The van der Waals surface area contributed by atoms with E-state index in [4.69, 9.17) is 0 Å². The predicted octanol–water partition coefficient (Wildman–Crippen LogP) is 7.11. The lowest BCUT2D eigenvalue weighted by Gasteiger charge is -2.27. The Morgan fingerprint density at radius 2 is 1.78 bits per heavy atom. The number of hydrogen-bond donors (Lipinski definition) is 2. The molecule has 32 heavy (non-hydrogen) atoms. The van der Waals surface area contributed by atoms with Crippen molar-refractivity contribution in [3.63, 3.8) is 0 Å². The highest BCUT2D eigenvalue weighted by Gasteiger charge is 2.25. The van der Waals surface area contributed by atoms with Gasteiger partial charge in [-0.15, -0.1) is 0 Å². The minimum atomic E-state index is 0.320. The zero-order chi connectivity index (χ0) is 21.5. The molecule has 2 aromatic heterocycles. The molecule has 2 heterocycles. The first-order chi connectivity index (χ1) is 15.8. The van der Waals surface area contributed by atoms with Crippen LogP contribution in [-0.2, 0) is 6.42 Å². The fraction of sp³-hybridized carbons (Fsp3) is 0.207. The van der Waals surface area contributed by atoms with Crippen LogP contribution in [0.25, 0.3) is 32.8 Å². The number of rotatable bonds is 4. The molecule has 0 saturated heterocycles. The van der Waals surface area contributed by atoms with Gasteiger partial charge in [-0.25, -0.2) is 0 Å². The van der Waals surface area contributed by atoms with Crippen molar-refractivity contribution in [3.05, 3.63) is 102 Å². The van der Waals surface area contributed by atoms with Crippen LogP contribution in [0.1, 0.15) is 48.7 Å². The molecule has 0 bridgehead atoms. The monoisotopic (exact) mass is 417 g/mol. The van der Waals surface area contributed by atoms with Crippen LogP contribution < -0.4 is 5.32 Å². The van der Waals surface area contributed by atoms with E-state index in [9.17, 15) is 0 Å². The van der Waals surface area contributed by atoms with Crippen LogP contribution in [-0.4, -0.2) is 9.97 Å². The Morgan fingerprint density at radius 3 is 2.69 bits per heavy atom. The van der Waals surface area contributed by atoms with E-state index in [1.54, 1.807) is 0 Å². The summed E-state index contributed by atoms with van der Waals surface area (Å²) in [5.41, 5.74) is 7.93. The van der Waals surface area contributed by atoms with Crippen molar-refractivity contribution >= 4 is 21.7 Å². The molecule has 1 aliphatic carbocycles. The van der Waals surface area contributed by atoms with Crippen molar-refractivity contribution in [2.24, 2.45) is 0 Å². The second-order valence-corrected chi connectivity index (χ2v) is 8.96. The highest BCUT2D eigenvalue weighted by Crippen LogP contribution is 2.38. The van der Waals surface area contributed by atoms with Gasteiger partial charge in [-0.2, -0.15) is 0 Å². The molecular formula is C29H27N3. The van der Waals surface area contributed by atoms with Gasteiger partial charge in [-0.1, -0.05) is 48.5 Å². The number of aryl methyl sites for hydroxylation is 1. The van der Waals surface area contributed by atoms with Crippen LogP contribution in [0.5, 0.6) is 0 Å². The lowest BCUT2D eigenvalue weighted by atomic mass is 9.90. The maximum atomic E-state index is 4.29. The van der Waals surface area contributed by atoms with Crippen molar-refractivity contribution in [1.82, 2.24) is 15.3 Å². The Morgan fingerprint density at radius 1 is 0.938 bits per heavy atom. The second kappa shape index (κ2) is 7.92. The third kappa shape index (κ3) is 3.39. The van der Waals surface area contributed by atoms with Crippen LogP contribution in [0.3, 0.4) is 0 Å². The molecule has 3 heteroatoms. The average molecular weight is 418 g/mol. The minimum Gasteiger partial charge on any atom is -0.357 e. The number of nitrogens with one attached hydrogen (secondary N) is 2. The summed E-state index contributed by atoms with van der Waals surface area (Å²) in [6.07, 6.45) is 7.31. The van der Waals surface area contributed by atoms with Gasteiger partial charge >= 0.3 is 0 Å². The molecule has 3 nitrogen and oxygen atoms in total. The highest BCUT2D eigenvalue weighted by molar-refractivity contribution is 5.92. The molecule has 1 aliphatic rings. The summed E-state index contributed by atoms with van der Waals surface area (Å²) in [4.78, 5) is 8.05. The molecule has 0 fully saturated rings. The second-order valence-electron chi connectivity index (χ2n) is 8.96. The molecule has 0 radical (unpaired) electrons. The summed E-state index contributed by atoms with van der Waals surface area (Å²) in [5, 5.41) is 7.65. The molecule has 6 rings (SSSR count). The van der Waals surface area contributed by atoms with Gasteiger partial charge in [0.1, 0.15) is 0 Å². The quantitative estimate of drug-likeness (QED) is 0.327. The largest absolute Gasteiger partial charge is 0.357 e. The van der Waals surface area contributed by atoms with E-state index in [2.05, 4.69) is 95.0 Å². The van der Waals surface area contributed by atoms with E-state index in [-0.39, 0.29) is 0 Å². The maximum absolute atomic E-state index is 4.29. The lowest BCUT2D eigenvalue weighted by Crippen LogP contribution is -2.27. The molecule has 2 N–H and O–H groups in total. The lowest BCUT2D eigenvalue weighted by molar-refractivity contribution is 0.410. The summed E-state index contributed by atoms with van der Waals surface area (Å²) in [5.74, 6) is 0. The van der Waals surface area contributed by atoms with Crippen LogP contribution in [0.15, 0.2) is 85.2 Å². The average Bonchev–Trinajstić information content (AvgIpc) is 3.23. The molecule has 0 spiro atoms. The zero-order valence-electron chi connectivity index (χ0n) is 18.3. The van der Waals surface area contributed by atoms with E-state index >= 15 is 0 Å². The summed E-state index contributed by atoms with van der Waals surface area (Å²) >= 11 is 0. The molecule has 3 aromatic carbocycles. The molecule has 5 aromatic rings. The van der Waals surface area contributed by atoms with Gasteiger partial charge < -0.3 is 10.3 Å². The van der Waals surface area contributed by atoms with Crippen molar-refractivity contribution in [3.8, 4) is 11.1 Å². The summed E-state index contributed by atoms with van der Waals surface area (Å²) in [7, 11) is 0. The summed E-state index contributed by atoms with van der Waals surface area (Å²) < 4.78 is 0. The molecule has 158 valence electrons. The Labute approximate surface area is 188 Å². The third-order valence-electron chi connectivity index (χ3n) is 6.93. The minimum absolute atomic E-state index is 0.320. The van der Waals surface area contributed by atoms with Crippen molar-refractivity contribution in [2.45, 2.75) is 38.3 Å². The Bertz CT molecular complexity index is 1400. The number of fused-ring (bicyclic) bond motifs is 4. The first-order valence-corrected chi connectivity index (χ1v) is 11.6. The number of benzene rings is 3. The number of pyridine rings is 1. The van der Waals surface area contributed by atoms with Gasteiger partial charge in [0.25, 0.3) is 0 Å². The van der Waals surface area contributed by atoms with Crippen molar-refractivity contribution in [2.75, 3.05) is 0 Å². The molecule has 2 unspecified atom stereocenters. The standard InChI is InChI=1S/C29H27N3/c1-19(20-6-3-2-4-7-20)31-28-9-5-8-25-26-17-23(12-13-27(26)32-29(25)28)22-11-10-21-14-15-30-18-24(21)16-22/h2-4,6-7,10-19,28,31-32H,5,8-9H2,1H3. The fourth-order valence-electron chi connectivity index (χ4n) is 5.21. The normalized spacial score (nSPS) is 16.8. The molecular weight excluding hydrogens is 390 g/mol. The molecule has 0 amide bonds. The fourth-order valence-corrected chi connectivity index (χ4v) is 5.21. The van der Waals surface area contributed by atoms with E-state index in [0.29, 0.717) is 12.1 Å². The number of hydrogen-bond acceptors (Lipinski definition) is 2. The van der Waals surface area contributed by atoms with Crippen LogP contribution in [0.2, 0.25) is 0 Å². The number of aromatic amines is 1. The Hall–Kier alpha value is -3.43. The number of H-pyrrole nitrogens is 1. The SMILES string of the molecule is CC(NC1CCCc2c1[nH]c1ccc(-c3ccc4ccncc4c3)cc21)c1ccccc1. The maximum Gasteiger partial charge on any atom is 0.0480 e. The predicted molar refractivity (Wildman–Crippen MR) is 133 cm³/mol. The topological polar surface area (TPSA) is 40.7 Å². The van der Waals surface area contributed by atoms with Crippen molar-refractivity contribution in [1.29, 1.82) is 0 Å². The smallest absolute Gasteiger partial charge is 0.0480 e. The highest BCUT2D eigenvalue weighted by atomic mass is 15.0. The first-order valence-electron chi connectivity index (χ1n) is 11.6. The van der Waals surface area contributed by atoms with Gasteiger partial charge in [-0.05, 0) is 78.1 Å². The molecule has 0 saturated carbocycles. The zero-order valence-corrected chi connectivity index (χ0v) is 18.3. The van der Waals surface area contributed by atoms with Gasteiger partial charge in [0.15, 0.2) is 0 Å². The van der Waals surface area contributed by atoms with E-state index < -0.39 is 0 Å². The summed E-state index contributed by atoms with van der Waals surface area (Å²) in [6, 6.07) is 27.0. The van der Waals surface area contributed by atoms with Gasteiger partial charge in [0.2, 0.25) is 0 Å². The Kier molecular flexibility index (Phi) is 4.77. The third-order valence-corrected chi connectivity index (χ3v) is 6.93. The van der Waals surface area contributed by atoms with Crippen molar-refractivity contribution < 1.29 is 0 Å².